The zero-order valence-electron chi connectivity index (χ0n) is 14.2. The molecule has 0 aliphatic carbocycles. The van der Waals surface area contributed by atoms with Crippen molar-refractivity contribution in [2.45, 2.75) is 6.18 Å². The van der Waals surface area contributed by atoms with Crippen LogP contribution < -0.4 is 0 Å². The highest BCUT2D eigenvalue weighted by molar-refractivity contribution is 6.12. The van der Waals surface area contributed by atoms with Crippen LogP contribution in [0.2, 0.25) is 0 Å². The summed E-state index contributed by atoms with van der Waals surface area (Å²) < 4.78 is 49.3. The molecule has 0 saturated heterocycles. The van der Waals surface area contributed by atoms with Crippen molar-refractivity contribution in [1.29, 1.82) is 0 Å². The van der Waals surface area contributed by atoms with Crippen LogP contribution in [0.1, 0.15) is 16.9 Å². The normalized spacial score (nSPS) is 15.6. The largest absolute Gasteiger partial charge is 0.457 e. The van der Waals surface area contributed by atoms with E-state index in [1.807, 2.05) is 6.07 Å². The quantitative estimate of drug-likeness (QED) is 0.455. The Balaban J connectivity index is 1.62. The average molecular weight is 383 g/mol. The molecule has 2 aromatic carbocycles. The first-order chi connectivity index (χ1) is 13.4. The minimum Gasteiger partial charge on any atom is -0.457 e. The van der Waals surface area contributed by atoms with E-state index in [4.69, 9.17) is 9.15 Å². The number of ether oxygens (including phenoxy) is 1. The zero-order chi connectivity index (χ0) is 19.7. The van der Waals surface area contributed by atoms with Gasteiger partial charge in [-0.15, -0.1) is 0 Å². The van der Waals surface area contributed by atoms with Crippen LogP contribution in [-0.2, 0) is 15.7 Å². The van der Waals surface area contributed by atoms with E-state index in [9.17, 15) is 18.0 Å². The summed E-state index contributed by atoms with van der Waals surface area (Å²) in [6.07, 6.45) is -3.06. The van der Waals surface area contributed by atoms with Gasteiger partial charge in [0.15, 0.2) is 5.70 Å². The van der Waals surface area contributed by atoms with Crippen LogP contribution in [0.15, 0.2) is 81.8 Å². The summed E-state index contributed by atoms with van der Waals surface area (Å²) in [7, 11) is 0. The minimum absolute atomic E-state index is 0.0452. The molecule has 0 bridgehead atoms. The molecule has 0 fully saturated rings. The number of carbonyl (C=O) groups is 1. The highest BCUT2D eigenvalue weighted by Gasteiger charge is 2.30. The van der Waals surface area contributed by atoms with Crippen molar-refractivity contribution >= 4 is 17.9 Å². The Morgan fingerprint density at radius 3 is 2.39 bits per heavy atom. The molecule has 0 unspecified atom stereocenters. The molecule has 7 heteroatoms. The third-order valence-corrected chi connectivity index (χ3v) is 4.02. The summed E-state index contributed by atoms with van der Waals surface area (Å²) in [5.41, 5.74) is 0.215. The van der Waals surface area contributed by atoms with Gasteiger partial charge in [0.2, 0.25) is 5.90 Å². The van der Waals surface area contributed by atoms with Gasteiger partial charge in [0.25, 0.3) is 0 Å². The van der Waals surface area contributed by atoms with Crippen LogP contribution in [0.25, 0.3) is 17.4 Å². The molecule has 1 aliphatic heterocycles. The first-order valence-electron chi connectivity index (χ1n) is 8.25. The number of hydrogen-bond donors (Lipinski definition) is 0. The molecule has 0 amide bonds. The van der Waals surface area contributed by atoms with Crippen LogP contribution in [0.3, 0.4) is 0 Å². The van der Waals surface area contributed by atoms with Gasteiger partial charge in [0, 0.05) is 17.2 Å². The maximum Gasteiger partial charge on any atom is 0.416 e. The van der Waals surface area contributed by atoms with E-state index in [1.165, 1.54) is 24.3 Å². The number of benzene rings is 2. The molecule has 140 valence electrons. The smallest absolute Gasteiger partial charge is 0.416 e. The number of hydrogen-bond acceptors (Lipinski definition) is 4. The van der Waals surface area contributed by atoms with Crippen LogP contribution >= 0.6 is 0 Å². The molecule has 0 N–H and O–H groups in total. The SMILES string of the molecule is O=C1OC(c2ccccc2)=N/C1=C/c1ccc(-c2cccc(C(F)(F)F)c2)o1. The number of cyclic esters (lactones) is 1. The van der Waals surface area contributed by atoms with Gasteiger partial charge in [0.1, 0.15) is 11.5 Å². The molecule has 2 heterocycles. The number of furan rings is 1. The van der Waals surface area contributed by atoms with Crippen molar-refractivity contribution in [2.75, 3.05) is 0 Å². The summed E-state index contributed by atoms with van der Waals surface area (Å²) in [5.74, 6) is 0.0754. The van der Waals surface area contributed by atoms with Crippen molar-refractivity contribution < 1.29 is 27.1 Å². The van der Waals surface area contributed by atoms with Crippen molar-refractivity contribution in [3.63, 3.8) is 0 Å². The topological polar surface area (TPSA) is 51.8 Å². The van der Waals surface area contributed by atoms with Crippen molar-refractivity contribution in [3.05, 3.63) is 89.3 Å². The lowest BCUT2D eigenvalue weighted by Gasteiger charge is -2.07. The first kappa shape index (κ1) is 17.8. The minimum atomic E-state index is -4.44. The number of halogens is 3. The molecule has 4 rings (SSSR count). The predicted octanol–water partition coefficient (Wildman–Crippen LogP) is 5.31. The lowest BCUT2D eigenvalue weighted by molar-refractivity contribution is -0.137. The summed E-state index contributed by atoms with van der Waals surface area (Å²) >= 11 is 0. The number of aliphatic imine (C=N–C) groups is 1. The van der Waals surface area contributed by atoms with Gasteiger partial charge in [-0.05, 0) is 36.4 Å². The van der Waals surface area contributed by atoms with Crippen LogP contribution in [0.4, 0.5) is 13.2 Å². The Morgan fingerprint density at radius 2 is 1.64 bits per heavy atom. The van der Waals surface area contributed by atoms with Gasteiger partial charge in [-0.25, -0.2) is 9.79 Å². The fourth-order valence-corrected chi connectivity index (χ4v) is 2.68. The summed E-state index contributed by atoms with van der Waals surface area (Å²) in [5, 5.41) is 0. The summed E-state index contributed by atoms with van der Waals surface area (Å²) in [6.45, 7) is 0. The molecule has 4 nitrogen and oxygen atoms in total. The third-order valence-electron chi connectivity index (χ3n) is 4.02. The van der Waals surface area contributed by atoms with E-state index >= 15 is 0 Å². The highest BCUT2D eigenvalue weighted by Crippen LogP contribution is 2.33. The zero-order valence-corrected chi connectivity index (χ0v) is 14.2. The standard InChI is InChI=1S/C21H12F3NO3/c22-21(23,24)15-8-4-7-14(11-15)18-10-9-16(27-18)12-17-20(26)28-19(25-17)13-5-2-1-3-6-13/h1-12H/b17-12+. The Labute approximate surface area is 157 Å². The maximum absolute atomic E-state index is 12.9. The lowest BCUT2D eigenvalue weighted by Crippen LogP contribution is -2.04. The third kappa shape index (κ3) is 3.59. The summed E-state index contributed by atoms with van der Waals surface area (Å²) in [4.78, 5) is 16.2. The molecular weight excluding hydrogens is 371 g/mol. The number of carbonyl (C=O) groups excluding carboxylic acids is 1. The average Bonchev–Trinajstić information content (AvgIpc) is 3.29. The van der Waals surface area contributed by atoms with Crippen molar-refractivity contribution in [3.8, 4) is 11.3 Å². The predicted molar refractivity (Wildman–Crippen MR) is 96.2 cm³/mol. The number of esters is 1. The van der Waals surface area contributed by atoms with E-state index in [-0.39, 0.29) is 28.7 Å². The van der Waals surface area contributed by atoms with Gasteiger partial charge in [-0.1, -0.05) is 30.3 Å². The lowest BCUT2D eigenvalue weighted by atomic mass is 10.1. The monoisotopic (exact) mass is 383 g/mol. The molecular formula is C21H12F3NO3. The fourth-order valence-electron chi connectivity index (χ4n) is 2.68. The molecule has 0 atom stereocenters. The highest BCUT2D eigenvalue weighted by atomic mass is 19.4. The van der Waals surface area contributed by atoms with Crippen molar-refractivity contribution in [1.82, 2.24) is 0 Å². The maximum atomic E-state index is 12.9. The van der Waals surface area contributed by atoms with Gasteiger partial charge in [-0.3, -0.25) is 0 Å². The molecule has 28 heavy (non-hydrogen) atoms. The molecule has 0 spiro atoms. The van der Waals surface area contributed by atoms with E-state index in [0.717, 1.165) is 12.1 Å². The second-order valence-electron chi connectivity index (χ2n) is 5.98. The van der Waals surface area contributed by atoms with E-state index < -0.39 is 17.7 Å². The molecule has 1 aliphatic rings. The van der Waals surface area contributed by atoms with E-state index in [0.29, 0.717) is 5.56 Å². The molecule has 3 aromatic rings. The van der Waals surface area contributed by atoms with E-state index in [2.05, 4.69) is 4.99 Å². The Bertz CT molecular complexity index is 1100. The Morgan fingerprint density at radius 1 is 0.893 bits per heavy atom. The molecule has 0 saturated carbocycles. The second kappa shape index (κ2) is 6.84. The summed E-state index contributed by atoms with van der Waals surface area (Å²) in [6, 6.07) is 16.8. The Hall–Kier alpha value is -3.61. The van der Waals surface area contributed by atoms with Gasteiger partial charge >= 0.3 is 12.1 Å². The van der Waals surface area contributed by atoms with Crippen LogP contribution in [-0.4, -0.2) is 11.9 Å². The van der Waals surface area contributed by atoms with Gasteiger partial charge < -0.3 is 9.15 Å². The fraction of sp³-hybridized carbons (Fsp3) is 0.0476. The van der Waals surface area contributed by atoms with Crippen LogP contribution in [0.5, 0.6) is 0 Å². The molecule has 1 aromatic heterocycles. The van der Waals surface area contributed by atoms with Gasteiger partial charge in [0.05, 0.1) is 5.56 Å². The van der Waals surface area contributed by atoms with Crippen LogP contribution in [0, 0.1) is 0 Å². The van der Waals surface area contributed by atoms with Crippen molar-refractivity contribution in [2.24, 2.45) is 4.99 Å². The van der Waals surface area contributed by atoms with E-state index in [1.54, 1.807) is 30.3 Å². The van der Waals surface area contributed by atoms with Gasteiger partial charge in [-0.2, -0.15) is 13.2 Å². The first-order valence-corrected chi connectivity index (χ1v) is 8.25. The number of nitrogens with zero attached hydrogens (tertiary/aromatic N) is 1. The molecule has 0 radical (unpaired) electrons. The Kier molecular flexibility index (Phi) is 4.35. The second-order valence-corrected chi connectivity index (χ2v) is 5.98. The number of alkyl halides is 3. The number of rotatable bonds is 3.